The third-order valence-electron chi connectivity index (χ3n) is 1.74. The Balaban J connectivity index is 2.41. The Hall–Kier alpha value is -1.22. The molecule has 0 spiro atoms. The number of hydrogen-bond donors (Lipinski definition) is 0. The van der Waals surface area contributed by atoms with Crippen LogP contribution in [-0.2, 0) is 4.74 Å². The topological polar surface area (TPSA) is 27.7 Å². The number of methoxy groups -OCH3 is 2. The molecule has 0 bridgehead atoms. The van der Waals surface area contributed by atoms with Crippen molar-refractivity contribution in [1.29, 1.82) is 0 Å². The van der Waals surface area contributed by atoms with E-state index >= 15 is 0 Å². The minimum Gasteiger partial charge on any atom is -0.492 e. The maximum Gasteiger partial charge on any atom is 0.168 e. The predicted molar refractivity (Wildman–Crippen MR) is 53.8 cm³/mol. The number of benzene rings is 1. The first-order chi connectivity index (χ1) is 6.88. The van der Waals surface area contributed by atoms with E-state index in [-0.39, 0.29) is 0 Å². The van der Waals surface area contributed by atoms with Gasteiger partial charge in [-0.05, 0) is 6.07 Å². The molecule has 0 aliphatic carbocycles. The molecule has 0 aliphatic heterocycles. The lowest BCUT2D eigenvalue weighted by molar-refractivity contribution is 0.170. The molecule has 1 aromatic carbocycles. The smallest absolute Gasteiger partial charge is 0.168 e. The molecule has 0 N–H and O–H groups in total. The van der Waals surface area contributed by atoms with Gasteiger partial charge in [0.2, 0.25) is 0 Å². The third kappa shape index (κ3) is 3.26. The van der Waals surface area contributed by atoms with E-state index < -0.39 is 0 Å². The average Bonchev–Trinajstić information content (AvgIpc) is 2.25. The Labute approximate surface area is 84.6 Å². The highest BCUT2D eigenvalue weighted by atomic mass is 16.5. The molecule has 0 aliphatic rings. The molecule has 14 heavy (non-hydrogen) atoms. The van der Waals surface area contributed by atoms with Crippen LogP contribution in [0.25, 0.3) is 0 Å². The van der Waals surface area contributed by atoms with E-state index in [9.17, 15) is 0 Å². The fourth-order valence-corrected chi connectivity index (χ4v) is 1.06. The zero-order chi connectivity index (χ0) is 10.2. The van der Waals surface area contributed by atoms with Crippen molar-refractivity contribution in [3.63, 3.8) is 0 Å². The lowest BCUT2D eigenvalue weighted by Gasteiger charge is -2.09. The summed E-state index contributed by atoms with van der Waals surface area (Å²) in [7, 11) is 3.28. The highest BCUT2D eigenvalue weighted by Crippen LogP contribution is 2.24. The van der Waals surface area contributed by atoms with Crippen LogP contribution >= 0.6 is 0 Å². The molecule has 1 rings (SSSR count). The summed E-state index contributed by atoms with van der Waals surface area (Å²) >= 11 is 0. The molecule has 0 atom stereocenters. The van der Waals surface area contributed by atoms with E-state index in [2.05, 4.69) is 6.07 Å². The first-order valence-corrected chi connectivity index (χ1v) is 4.55. The molecule has 0 amide bonds. The Morgan fingerprint density at radius 3 is 2.86 bits per heavy atom. The fraction of sp³-hybridized carbons (Fsp3) is 0.455. The Morgan fingerprint density at radius 1 is 1.29 bits per heavy atom. The second kappa shape index (κ2) is 6.27. The first kappa shape index (κ1) is 10.9. The maximum atomic E-state index is 5.49. The Bertz CT molecular complexity index is 260. The summed E-state index contributed by atoms with van der Waals surface area (Å²) in [6.45, 7) is 1.33. The van der Waals surface area contributed by atoms with Crippen molar-refractivity contribution in [2.45, 2.75) is 6.42 Å². The van der Waals surface area contributed by atoms with E-state index in [0.29, 0.717) is 19.0 Å². The van der Waals surface area contributed by atoms with Crippen LogP contribution in [0.1, 0.15) is 6.42 Å². The van der Waals surface area contributed by atoms with Gasteiger partial charge in [0.1, 0.15) is 0 Å². The van der Waals surface area contributed by atoms with Crippen LogP contribution in [0.4, 0.5) is 0 Å². The summed E-state index contributed by atoms with van der Waals surface area (Å²) in [6, 6.07) is 8.47. The second-order valence-electron chi connectivity index (χ2n) is 2.76. The van der Waals surface area contributed by atoms with Gasteiger partial charge in [0.15, 0.2) is 11.5 Å². The van der Waals surface area contributed by atoms with Gasteiger partial charge in [0, 0.05) is 26.2 Å². The lowest BCUT2D eigenvalue weighted by atomic mass is 10.3. The molecule has 1 aromatic rings. The quantitative estimate of drug-likeness (QED) is 0.649. The summed E-state index contributed by atoms with van der Waals surface area (Å²) < 4.78 is 15.5. The summed E-state index contributed by atoms with van der Waals surface area (Å²) in [5.41, 5.74) is 0. The second-order valence-corrected chi connectivity index (χ2v) is 2.76. The standard InChI is InChI=1S/C11H15O3/c1-12-8-5-9-14-11-7-4-3-6-10(11)13-2/h3-4,7H,5,8-9H2,1-2H3. The van der Waals surface area contributed by atoms with Gasteiger partial charge < -0.3 is 14.2 Å². The van der Waals surface area contributed by atoms with Gasteiger partial charge in [0.25, 0.3) is 0 Å². The van der Waals surface area contributed by atoms with Gasteiger partial charge in [-0.2, -0.15) is 0 Å². The first-order valence-electron chi connectivity index (χ1n) is 4.55. The molecule has 3 heteroatoms. The van der Waals surface area contributed by atoms with Crippen molar-refractivity contribution in [3.8, 4) is 11.5 Å². The largest absolute Gasteiger partial charge is 0.492 e. The third-order valence-corrected chi connectivity index (χ3v) is 1.74. The van der Waals surface area contributed by atoms with Gasteiger partial charge in [-0.15, -0.1) is 0 Å². The van der Waals surface area contributed by atoms with Crippen LogP contribution in [0.15, 0.2) is 18.2 Å². The van der Waals surface area contributed by atoms with Crippen LogP contribution in [0, 0.1) is 6.07 Å². The molecule has 0 aromatic heterocycles. The summed E-state index contributed by atoms with van der Waals surface area (Å²) in [6.07, 6.45) is 0.870. The van der Waals surface area contributed by atoms with E-state index in [1.165, 1.54) is 0 Å². The molecular formula is C11H15O3. The van der Waals surface area contributed by atoms with Crippen LogP contribution in [0.5, 0.6) is 11.5 Å². The van der Waals surface area contributed by atoms with Crippen molar-refractivity contribution in [2.24, 2.45) is 0 Å². The summed E-state index contributed by atoms with van der Waals surface area (Å²) in [4.78, 5) is 0. The molecule has 1 radical (unpaired) electrons. The van der Waals surface area contributed by atoms with Gasteiger partial charge in [-0.25, -0.2) is 0 Å². The van der Waals surface area contributed by atoms with Crippen molar-refractivity contribution < 1.29 is 14.2 Å². The summed E-state index contributed by atoms with van der Waals surface area (Å²) in [5.74, 6) is 1.37. The Kier molecular flexibility index (Phi) is 4.86. The van der Waals surface area contributed by atoms with E-state index in [1.807, 2.05) is 12.1 Å². The van der Waals surface area contributed by atoms with Gasteiger partial charge >= 0.3 is 0 Å². The molecule has 0 saturated heterocycles. The zero-order valence-electron chi connectivity index (χ0n) is 8.58. The Morgan fingerprint density at radius 2 is 2.14 bits per heavy atom. The number of ether oxygens (including phenoxy) is 3. The minimum absolute atomic E-state index is 0.627. The van der Waals surface area contributed by atoms with Crippen molar-refractivity contribution in [3.05, 3.63) is 24.3 Å². The van der Waals surface area contributed by atoms with Crippen molar-refractivity contribution >= 4 is 0 Å². The molecule has 0 fully saturated rings. The monoisotopic (exact) mass is 195 g/mol. The molecule has 0 saturated carbocycles. The van der Waals surface area contributed by atoms with E-state index in [4.69, 9.17) is 14.2 Å². The molecule has 0 heterocycles. The van der Waals surface area contributed by atoms with Crippen LogP contribution in [0.3, 0.4) is 0 Å². The number of rotatable bonds is 6. The fourth-order valence-electron chi connectivity index (χ4n) is 1.06. The number of hydrogen-bond acceptors (Lipinski definition) is 3. The molecule has 77 valence electrons. The van der Waals surface area contributed by atoms with Crippen molar-refractivity contribution in [1.82, 2.24) is 0 Å². The van der Waals surface area contributed by atoms with Crippen LogP contribution in [0.2, 0.25) is 0 Å². The minimum atomic E-state index is 0.627. The predicted octanol–water partition coefficient (Wildman–Crippen LogP) is 1.91. The molecular weight excluding hydrogens is 180 g/mol. The normalized spacial score (nSPS) is 9.86. The van der Waals surface area contributed by atoms with Crippen molar-refractivity contribution in [2.75, 3.05) is 27.4 Å². The van der Waals surface area contributed by atoms with E-state index in [1.54, 1.807) is 20.3 Å². The highest BCUT2D eigenvalue weighted by molar-refractivity contribution is 5.38. The van der Waals surface area contributed by atoms with Gasteiger partial charge in [-0.1, -0.05) is 12.1 Å². The van der Waals surface area contributed by atoms with Crippen LogP contribution < -0.4 is 9.47 Å². The molecule has 0 unspecified atom stereocenters. The van der Waals surface area contributed by atoms with Gasteiger partial charge in [-0.3, -0.25) is 0 Å². The molecule has 3 nitrogen and oxygen atoms in total. The number of para-hydroxylation sites is 1. The summed E-state index contributed by atoms with van der Waals surface area (Å²) in [5, 5.41) is 0. The van der Waals surface area contributed by atoms with Gasteiger partial charge in [0.05, 0.1) is 13.7 Å². The average molecular weight is 195 g/mol. The van der Waals surface area contributed by atoms with Crippen LogP contribution in [-0.4, -0.2) is 27.4 Å². The lowest BCUT2D eigenvalue weighted by Crippen LogP contribution is -2.02. The zero-order valence-corrected chi connectivity index (χ0v) is 8.58. The SMILES string of the molecule is COCCCOc1ccc[c]c1OC. The maximum absolute atomic E-state index is 5.49. The highest BCUT2D eigenvalue weighted by Gasteiger charge is 2.01. The van der Waals surface area contributed by atoms with E-state index in [0.717, 1.165) is 12.2 Å².